The lowest BCUT2D eigenvalue weighted by molar-refractivity contribution is 0.198. The monoisotopic (exact) mass is 236 g/mol. The molecule has 94 valence electrons. The summed E-state index contributed by atoms with van der Waals surface area (Å²) >= 11 is 0. The molecule has 1 aromatic rings. The standard InChI is InChI=1S/C12H20N4O/c13-7-11-14-15-12(17-11)16-6-5-9-3-1-2-4-10(9)8-16/h9-10H,1-8,13H2. The van der Waals surface area contributed by atoms with Crippen LogP contribution < -0.4 is 10.6 Å². The third kappa shape index (κ3) is 2.16. The van der Waals surface area contributed by atoms with Crippen molar-refractivity contribution >= 4 is 6.01 Å². The first-order valence-electron chi connectivity index (χ1n) is 6.64. The molecule has 0 spiro atoms. The molecule has 5 nitrogen and oxygen atoms in total. The quantitative estimate of drug-likeness (QED) is 0.843. The predicted octanol–water partition coefficient (Wildman–Crippen LogP) is 1.54. The second-order valence-electron chi connectivity index (χ2n) is 5.22. The topological polar surface area (TPSA) is 68.2 Å². The first-order chi connectivity index (χ1) is 8.36. The molecule has 2 heterocycles. The van der Waals surface area contributed by atoms with Crippen molar-refractivity contribution in [2.24, 2.45) is 17.6 Å². The molecule has 17 heavy (non-hydrogen) atoms. The minimum absolute atomic E-state index is 0.326. The first-order valence-corrected chi connectivity index (χ1v) is 6.64. The van der Waals surface area contributed by atoms with Gasteiger partial charge < -0.3 is 15.1 Å². The average molecular weight is 236 g/mol. The fourth-order valence-corrected chi connectivity index (χ4v) is 3.23. The van der Waals surface area contributed by atoms with Crippen molar-refractivity contribution in [2.45, 2.75) is 38.6 Å². The van der Waals surface area contributed by atoms with Crippen LogP contribution in [0, 0.1) is 11.8 Å². The molecule has 5 heteroatoms. The second-order valence-corrected chi connectivity index (χ2v) is 5.22. The minimum atomic E-state index is 0.326. The van der Waals surface area contributed by atoms with Crippen LogP contribution in [0.25, 0.3) is 0 Å². The fourth-order valence-electron chi connectivity index (χ4n) is 3.23. The molecule has 2 atom stereocenters. The lowest BCUT2D eigenvalue weighted by Crippen LogP contribution is -2.42. The third-order valence-corrected chi connectivity index (χ3v) is 4.19. The number of fused-ring (bicyclic) bond motifs is 1. The van der Waals surface area contributed by atoms with E-state index in [0.717, 1.165) is 24.9 Å². The van der Waals surface area contributed by atoms with Crippen molar-refractivity contribution in [2.75, 3.05) is 18.0 Å². The summed E-state index contributed by atoms with van der Waals surface area (Å²) in [4.78, 5) is 2.23. The zero-order valence-corrected chi connectivity index (χ0v) is 10.1. The number of nitrogens with two attached hydrogens (primary N) is 1. The summed E-state index contributed by atoms with van der Waals surface area (Å²) < 4.78 is 5.53. The normalized spacial score (nSPS) is 29.1. The van der Waals surface area contributed by atoms with E-state index in [4.69, 9.17) is 10.2 Å². The molecule has 1 saturated carbocycles. The summed E-state index contributed by atoms with van der Waals surface area (Å²) in [5.74, 6) is 2.29. The molecule has 0 amide bonds. The molecule has 2 fully saturated rings. The van der Waals surface area contributed by atoms with E-state index in [1.165, 1.54) is 32.1 Å². The van der Waals surface area contributed by atoms with Gasteiger partial charge in [0, 0.05) is 13.1 Å². The zero-order valence-electron chi connectivity index (χ0n) is 10.1. The Labute approximate surface area is 101 Å². The summed E-state index contributed by atoms with van der Waals surface area (Å²) in [6, 6.07) is 0.662. The highest BCUT2D eigenvalue weighted by atomic mass is 16.4. The van der Waals surface area contributed by atoms with Gasteiger partial charge in [0.2, 0.25) is 5.89 Å². The Morgan fingerprint density at radius 3 is 2.76 bits per heavy atom. The average Bonchev–Trinajstić information content (AvgIpc) is 2.87. The minimum Gasteiger partial charge on any atom is -0.407 e. The molecule has 0 bridgehead atoms. The van der Waals surface area contributed by atoms with Crippen LogP contribution in [0.4, 0.5) is 6.01 Å². The van der Waals surface area contributed by atoms with Crippen LogP contribution in [0.15, 0.2) is 4.42 Å². The highest BCUT2D eigenvalue weighted by Gasteiger charge is 2.32. The van der Waals surface area contributed by atoms with E-state index < -0.39 is 0 Å². The molecule has 1 aromatic heterocycles. The number of hydrogen-bond acceptors (Lipinski definition) is 5. The van der Waals surface area contributed by atoms with E-state index in [1.807, 2.05) is 0 Å². The van der Waals surface area contributed by atoms with Gasteiger partial charge in [0.1, 0.15) is 0 Å². The largest absolute Gasteiger partial charge is 0.407 e. The molecular formula is C12H20N4O. The molecular weight excluding hydrogens is 216 g/mol. The molecule has 0 aromatic carbocycles. The Hall–Kier alpha value is -1.10. The van der Waals surface area contributed by atoms with Crippen LogP contribution in [0.3, 0.4) is 0 Å². The van der Waals surface area contributed by atoms with Crippen molar-refractivity contribution in [3.63, 3.8) is 0 Å². The van der Waals surface area contributed by atoms with E-state index in [0.29, 0.717) is 18.5 Å². The maximum atomic E-state index is 5.53. The molecule has 1 aliphatic heterocycles. The van der Waals surface area contributed by atoms with Gasteiger partial charge in [-0.25, -0.2) is 0 Å². The van der Waals surface area contributed by atoms with Crippen molar-refractivity contribution in [1.29, 1.82) is 0 Å². The summed E-state index contributed by atoms with van der Waals surface area (Å²) in [5.41, 5.74) is 5.48. The van der Waals surface area contributed by atoms with E-state index in [2.05, 4.69) is 15.1 Å². The van der Waals surface area contributed by atoms with Crippen LogP contribution >= 0.6 is 0 Å². The Kier molecular flexibility index (Phi) is 3.01. The Morgan fingerprint density at radius 1 is 1.18 bits per heavy atom. The van der Waals surface area contributed by atoms with E-state index in [-0.39, 0.29) is 0 Å². The summed E-state index contributed by atoms with van der Waals surface area (Å²) in [7, 11) is 0. The Balaban J connectivity index is 1.68. The van der Waals surface area contributed by atoms with Gasteiger partial charge in [-0.05, 0) is 24.7 Å². The fraction of sp³-hybridized carbons (Fsp3) is 0.833. The third-order valence-electron chi connectivity index (χ3n) is 4.19. The first kappa shape index (κ1) is 11.0. The van der Waals surface area contributed by atoms with E-state index >= 15 is 0 Å². The van der Waals surface area contributed by atoms with E-state index in [9.17, 15) is 0 Å². The van der Waals surface area contributed by atoms with Crippen LogP contribution in [0.5, 0.6) is 0 Å². The predicted molar refractivity (Wildman–Crippen MR) is 64.5 cm³/mol. The Morgan fingerprint density at radius 2 is 2.00 bits per heavy atom. The van der Waals surface area contributed by atoms with Crippen molar-refractivity contribution in [1.82, 2.24) is 10.2 Å². The maximum Gasteiger partial charge on any atom is 0.318 e. The van der Waals surface area contributed by atoms with Gasteiger partial charge >= 0.3 is 6.01 Å². The Bertz CT molecular complexity index is 378. The smallest absolute Gasteiger partial charge is 0.318 e. The molecule has 2 N–H and O–H groups in total. The van der Waals surface area contributed by atoms with Gasteiger partial charge in [0.05, 0.1) is 6.54 Å². The summed E-state index contributed by atoms with van der Waals surface area (Å²) in [5, 5.41) is 8.01. The molecule has 2 aliphatic rings. The maximum absolute atomic E-state index is 5.53. The lowest BCUT2D eigenvalue weighted by atomic mass is 9.75. The molecule has 1 saturated heterocycles. The van der Waals surface area contributed by atoms with Gasteiger partial charge in [0.25, 0.3) is 0 Å². The van der Waals surface area contributed by atoms with Crippen LogP contribution in [0.1, 0.15) is 38.0 Å². The van der Waals surface area contributed by atoms with Crippen molar-refractivity contribution in [3.8, 4) is 0 Å². The second kappa shape index (κ2) is 4.64. The van der Waals surface area contributed by atoms with Crippen LogP contribution in [0.2, 0.25) is 0 Å². The molecule has 2 unspecified atom stereocenters. The lowest BCUT2D eigenvalue weighted by Gasteiger charge is -2.40. The molecule has 3 rings (SSSR count). The molecule has 1 aliphatic carbocycles. The van der Waals surface area contributed by atoms with E-state index in [1.54, 1.807) is 0 Å². The van der Waals surface area contributed by atoms with Crippen molar-refractivity contribution < 1.29 is 4.42 Å². The number of anilines is 1. The van der Waals surface area contributed by atoms with Gasteiger partial charge in [-0.2, -0.15) is 0 Å². The highest BCUT2D eigenvalue weighted by molar-refractivity contribution is 5.25. The van der Waals surface area contributed by atoms with Gasteiger partial charge in [-0.15, -0.1) is 5.10 Å². The number of nitrogens with zero attached hydrogens (tertiary/aromatic N) is 3. The van der Waals surface area contributed by atoms with Gasteiger partial charge in [-0.1, -0.05) is 24.4 Å². The number of aromatic nitrogens is 2. The van der Waals surface area contributed by atoms with Gasteiger partial charge in [-0.3, -0.25) is 0 Å². The number of piperidine rings is 1. The summed E-state index contributed by atoms with van der Waals surface area (Å²) in [6.07, 6.45) is 6.84. The van der Waals surface area contributed by atoms with Crippen molar-refractivity contribution in [3.05, 3.63) is 5.89 Å². The summed E-state index contributed by atoms with van der Waals surface area (Å²) in [6.45, 7) is 2.46. The molecule has 0 radical (unpaired) electrons. The highest BCUT2D eigenvalue weighted by Crippen LogP contribution is 2.37. The van der Waals surface area contributed by atoms with Gasteiger partial charge in [0.15, 0.2) is 0 Å². The SMILES string of the molecule is NCc1nnc(N2CCC3CCCCC3C2)o1. The number of rotatable bonds is 2. The van der Waals surface area contributed by atoms with Crippen LogP contribution in [-0.2, 0) is 6.54 Å². The zero-order chi connectivity index (χ0) is 11.7. The van der Waals surface area contributed by atoms with Crippen LogP contribution in [-0.4, -0.2) is 23.3 Å². The number of hydrogen-bond donors (Lipinski definition) is 1.